The average molecular weight is 447 g/mol. The van der Waals surface area contributed by atoms with Gasteiger partial charge in [0.1, 0.15) is 24.8 Å². The van der Waals surface area contributed by atoms with Crippen LogP contribution in [0, 0.1) is 5.82 Å². The molecule has 6 heteroatoms. The van der Waals surface area contributed by atoms with E-state index in [1.54, 1.807) is 42.5 Å². The van der Waals surface area contributed by atoms with Crippen LogP contribution in [0.1, 0.15) is 44.7 Å². The van der Waals surface area contributed by atoms with E-state index in [0.29, 0.717) is 22.4 Å². The number of ether oxygens (including phenoxy) is 1. The second-order valence-electron chi connectivity index (χ2n) is 7.73. The van der Waals surface area contributed by atoms with Gasteiger partial charge >= 0.3 is 0 Å². The van der Waals surface area contributed by atoms with E-state index >= 15 is 0 Å². The fourth-order valence-corrected chi connectivity index (χ4v) is 3.20. The summed E-state index contributed by atoms with van der Waals surface area (Å²) >= 11 is 0. The van der Waals surface area contributed by atoms with Crippen molar-refractivity contribution in [1.82, 2.24) is 0 Å². The molecule has 0 heterocycles. The van der Waals surface area contributed by atoms with Crippen molar-refractivity contribution < 1.29 is 28.1 Å². The summed E-state index contributed by atoms with van der Waals surface area (Å²) < 4.78 is 45.9. The highest BCUT2D eigenvalue weighted by molar-refractivity contribution is 5.78. The highest BCUT2D eigenvalue weighted by atomic mass is 19.3. The van der Waals surface area contributed by atoms with Crippen LogP contribution in [0.25, 0.3) is 16.7 Å². The molecule has 0 aliphatic rings. The molecule has 172 valence electrons. The fraction of sp³-hybridized carbons (Fsp3) is 0.308. The molecule has 32 heavy (non-hydrogen) atoms. The Kier molecular flexibility index (Phi) is 9.75. The van der Waals surface area contributed by atoms with Gasteiger partial charge in [0.05, 0.1) is 0 Å². The van der Waals surface area contributed by atoms with Crippen molar-refractivity contribution in [2.24, 2.45) is 0 Å². The summed E-state index contributed by atoms with van der Waals surface area (Å²) in [4.78, 5) is 4.04. The fourth-order valence-electron chi connectivity index (χ4n) is 3.20. The topological polar surface area (TPSA) is 38.7 Å². The van der Waals surface area contributed by atoms with Crippen LogP contribution in [0.5, 0.6) is 5.75 Å². The zero-order valence-corrected chi connectivity index (χ0v) is 18.7. The summed E-state index contributed by atoms with van der Waals surface area (Å²) in [6.07, 6.45) is 4.55. The Morgan fingerprint density at radius 1 is 1.12 bits per heavy atom. The number of alkyl halides is 2. The van der Waals surface area contributed by atoms with Gasteiger partial charge in [-0.1, -0.05) is 61.9 Å². The first-order chi connectivity index (χ1) is 15.2. The monoisotopic (exact) mass is 446 g/mol. The first kappa shape index (κ1) is 25.4. The van der Waals surface area contributed by atoms with E-state index in [0.717, 1.165) is 16.7 Å². The molecular formula is C26H29F3O3. The molecule has 0 saturated heterocycles. The average Bonchev–Trinajstić information content (AvgIpc) is 2.75. The van der Waals surface area contributed by atoms with E-state index < -0.39 is 13.0 Å². The van der Waals surface area contributed by atoms with Gasteiger partial charge in [-0.25, -0.2) is 18.1 Å². The van der Waals surface area contributed by atoms with Gasteiger partial charge in [0.2, 0.25) is 0 Å². The second kappa shape index (κ2) is 12.3. The Morgan fingerprint density at radius 3 is 2.47 bits per heavy atom. The smallest absolute Gasteiger partial charge is 0.272 e. The molecule has 0 amide bonds. The lowest BCUT2D eigenvalue weighted by Gasteiger charge is -2.21. The lowest BCUT2D eigenvalue weighted by Crippen LogP contribution is -2.11. The van der Waals surface area contributed by atoms with E-state index in [9.17, 15) is 13.2 Å². The SMILES string of the molecule is CC(C=CC=C(C)c1cc(-c2ccccc2F)cc(C(C)C)c1OCC(F)F)=CCOO. The standard InChI is InChI=1S/C26H29F3O3/c1-17(2)22-14-20(21-10-5-6-11-24(21)27)15-23(26(22)31-16-25(28)29)19(4)9-7-8-18(3)12-13-32-30/h5-12,14-15,17,25,30H,13,16H2,1-4H3. The zero-order valence-electron chi connectivity index (χ0n) is 18.7. The third kappa shape index (κ3) is 7.11. The molecule has 0 saturated carbocycles. The van der Waals surface area contributed by atoms with Crippen LogP contribution in [-0.2, 0) is 4.89 Å². The minimum absolute atomic E-state index is 0.0276. The molecule has 0 fully saturated rings. The minimum Gasteiger partial charge on any atom is -0.487 e. The highest BCUT2D eigenvalue weighted by Crippen LogP contribution is 2.39. The Balaban J connectivity index is 2.61. The zero-order chi connectivity index (χ0) is 23.7. The molecule has 0 spiro atoms. The molecular weight excluding hydrogens is 417 g/mol. The number of benzene rings is 2. The number of allylic oxidation sites excluding steroid dienone is 5. The Morgan fingerprint density at radius 2 is 1.84 bits per heavy atom. The third-order valence-electron chi connectivity index (χ3n) is 4.89. The van der Waals surface area contributed by atoms with Gasteiger partial charge in [0, 0.05) is 11.1 Å². The van der Waals surface area contributed by atoms with Crippen LogP contribution >= 0.6 is 0 Å². The van der Waals surface area contributed by atoms with Crippen molar-refractivity contribution in [3.05, 3.63) is 83.2 Å². The van der Waals surface area contributed by atoms with Gasteiger partial charge in [-0.2, -0.15) is 0 Å². The van der Waals surface area contributed by atoms with E-state index in [4.69, 9.17) is 9.99 Å². The molecule has 0 unspecified atom stereocenters. The number of hydrogen-bond acceptors (Lipinski definition) is 3. The van der Waals surface area contributed by atoms with Crippen LogP contribution < -0.4 is 4.74 Å². The van der Waals surface area contributed by atoms with Crippen molar-refractivity contribution in [2.45, 2.75) is 40.0 Å². The predicted molar refractivity (Wildman–Crippen MR) is 123 cm³/mol. The normalized spacial score (nSPS) is 12.9. The van der Waals surface area contributed by atoms with E-state index in [2.05, 4.69) is 4.89 Å². The van der Waals surface area contributed by atoms with Gasteiger partial charge in [-0.05, 0) is 54.7 Å². The minimum atomic E-state index is -2.61. The summed E-state index contributed by atoms with van der Waals surface area (Å²) in [6.45, 7) is 6.93. The molecule has 3 nitrogen and oxygen atoms in total. The molecule has 0 aliphatic heterocycles. The third-order valence-corrected chi connectivity index (χ3v) is 4.89. The second-order valence-corrected chi connectivity index (χ2v) is 7.73. The first-order valence-electron chi connectivity index (χ1n) is 10.4. The maximum Gasteiger partial charge on any atom is 0.272 e. The Labute approximate surface area is 187 Å². The van der Waals surface area contributed by atoms with Gasteiger partial charge in [0.15, 0.2) is 0 Å². The molecule has 0 radical (unpaired) electrons. The van der Waals surface area contributed by atoms with Crippen LogP contribution in [0.4, 0.5) is 13.2 Å². The molecule has 1 N–H and O–H groups in total. The van der Waals surface area contributed by atoms with Gasteiger partial charge in [-0.15, -0.1) is 0 Å². The summed E-state index contributed by atoms with van der Waals surface area (Å²) in [5.41, 5.74) is 4.09. The number of halogens is 3. The van der Waals surface area contributed by atoms with Crippen molar-refractivity contribution in [2.75, 3.05) is 13.2 Å². The van der Waals surface area contributed by atoms with Crippen LogP contribution in [0.15, 0.2) is 66.3 Å². The Hall–Kier alpha value is -2.83. The van der Waals surface area contributed by atoms with E-state index in [1.807, 2.05) is 39.8 Å². The van der Waals surface area contributed by atoms with E-state index in [-0.39, 0.29) is 18.3 Å². The van der Waals surface area contributed by atoms with Crippen molar-refractivity contribution in [1.29, 1.82) is 0 Å². The lowest BCUT2D eigenvalue weighted by atomic mass is 9.90. The maximum absolute atomic E-state index is 14.5. The van der Waals surface area contributed by atoms with Gasteiger partial charge in [0.25, 0.3) is 6.43 Å². The van der Waals surface area contributed by atoms with Crippen molar-refractivity contribution >= 4 is 5.57 Å². The van der Waals surface area contributed by atoms with Crippen molar-refractivity contribution in [3.63, 3.8) is 0 Å². The molecule has 2 aromatic carbocycles. The van der Waals surface area contributed by atoms with Crippen molar-refractivity contribution in [3.8, 4) is 16.9 Å². The Bertz CT molecular complexity index is 992. The van der Waals surface area contributed by atoms with E-state index in [1.165, 1.54) is 6.07 Å². The quantitative estimate of drug-likeness (QED) is 0.231. The molecule has 0 bridgehead atoms. The van der Waals surface area contributed by atoms with Crippen LogP contribution in [0.3, 0.4) is 0 Å². The lowest BCUT2D eigenvalue weighted by molar-refractivity contribution is -0.232. The van der Waals surface area contributed by atoms with Crippen LogP contribution in [0.2, 0.25) is 0 Å². The van der Waals surface area contributed by atoms with Gasteiger partial charge < -0.3 is 4.74 Å². The molecule has 2 rings (SSSR count). The molecule has 0 atom stereocenters. The maximum atomic E-state index is 14.5. The predicted octanol–water partition coefficient (Wildman–Crippen LogP) is 7.66. The van der Waals surface area contributed by atoms with Gasteiger partial charge in [-0.3, -0.25) is 5.26 Å². The largest absolute Gasteiger partial charge is 0.487 e. The number of rotatable bonds is 10. The molecule has 0 aliphatic carbocycles. The molecule has 2 aromatic rings. The number of hydrogen-bond donors (Lipinski definition) is 1. The summed E-state index contributed by atoms with van der Waals surface area (Å²) in [5.74, 6) is -0.00794. The highest BCUT2D eigenvalue weighted by Gasteiger charge is 2.19. The summed E-state index contributed by atoms with van der Waals surface area (Å²) in [5, 5.41) is 8.43. The summed E-state index contributed by atoms with van der Waals surface area (Å²) in [6, 6.07) is 10.0. The first-order valence-corrected chi connectivity index (χ1v) is 10.4. The molecule has 0 aromatic heterocycles. The summed E-state index contributed by atoms with van der Waals surface area (Å²) in [7, 11) is 0. The van der Waals surface area contributed by atoms with Crippen LogP contribution in [-0.4, -0.2) is 24.9 Å².